The average molecular weight is 236 g/mol. The molecule has 0 spiro atoms. The Hall–Kier alpha value is -2.13. The first-order valence-corrected chi connectivity index (χ1v) is 5.67. The van der Waals surface area contributed by atoms with E-state index in [-0.39, 0.29) is 4.90 Å². The number of nitrogens with one attached hydrogen (secondary N) is 1. The first-order valence-electron chi connectivity index (χ1n) is 4.18. The van der Waals surface area contributed by atoms with Crippen LogP contribution in [0.5, 0.6) is 0 Å². The number of carbonyl (C=O) groups is 1. The topological polar surface area (TPSA) is 87.0 Å². The zero-order valence-corrected chi connectivity index (χ0v) is 8.99. The summed E-state index contributed by atoms with van der Waals surface area (Å²) in [4.78, 5) is 11.1. The highest BCUT2D eigenvalue weighted by Crippen LogP contribution is 2.07. The molecule has 82 valence electrons. The van der Waals surface area contributed by atoms with Crippen LogP contribution in [0.4, 0.5) is 0 Å². The van der Waals surface area contributed by atoms with Gasteiger partial charge in [-0.1, -0.05) is 24.8 Å². The molecule has 0 atom stereocenters. The van der Waals surface area contributed by atoms with Crippen LogP contribution in [0.3, 0.4) is 0 Å². The van der Waals surface area contributed by atoms with E-state index in [0.717, 1.165) is 0 Å². The molecule has 0 heterocycles. The lowest BCUT2D eigenvalue weighted by atomic mass is 10.3. The van der Waals surface area contributed by atoms with E-state index < -0.39 is 21.5 Å². The lowest BCUT2D eigenvalue weighted by Crippen LogP contribution is -2.31. The molecule has 1 rings (SSSR count). The number of amides is 1. The van der Waals surface area contributed by atoms with Crippen LogP contribution in [0.2, 0.25) is 0 Å². The maximum Gasteiger partial charge on any atom is 0.275 e. The molecule has 0 aliphatic heterocycles. The van der Waals surface area contributed by atoms with Crippen molar-refractivity contribution in [2.24, 2.45) is 0 Å². The van der Waals surface area contributed by atoms with Crippen molar-refractivity contribution in [2.45, 2.75) is 4.90 Å². The van der Waals surface area contributed by atoms with Crippen molar-refractivity contribution in [3.05, 3.63) is 42.5 Å². The van der Waals surface area contributed by atoms with Crippen LogP contribution in [0.15, 0.2) is 47.4 Å². The molecular weight excluding hydrogens is 228 g/mol. The van der Waals surface area contributed by atoms with Gasteiger partial charge >= 0.3 is 0 Å². The van der Waals surface area contributed by atoms with Crippen LogP contribution in [-0.4, -0.2) is 14.3 Å². The van der Waals surface area contributed by atoms with Crippen molar-refractivity contribution in [3.8, 4) is 6.07 Å². The van der Waals surface area contributed by atoms with E-state index in [4.69, 9.17) is 5.26 Å². The fourth-order valence-electron chi connectivity index (χ4n) is 0.893. The predicted octanol–water partition coefficient (Wildman–Crippen LogP) is 0.571. The van der Waals surface area contributed by atoms with Crippen LogP contribution in [0, 0.1) is 11.3 Å². The Bertz CT molecular complexity index is 555. The van der Waals surface area contributed by atoms with Gasteiger partial charge < -0.3 is 0 Å². The van der Waals surface area contributed by atoms with Crippen molar-refractivity contribution >= 4 is 15.9 Å². The smallest absolute Gasteiger partial charge is 0.267 e. The predicted molar refractivity (Wildman–Crippen MR) is 56.5 cm³/mol. The molecule has 0 saturated carbocycles. The minimum absolute atomic E-state index is 0.0471. The molecule has 5 nitrogen and oxygen atoms in total. The van der Waals surface area contributed by atoms with E-state index in [1.165, 1.54) is 30.3 Å². The Balaban J connectivity index is 2.95. The van der Waals surface area contributed by atoms with Gasteiger partial charge in [0.05, 0.1) is 4.90 Å². The molecule has 0 fully saturated rings. The highest BCUT2D eigenvalue weighted by molar-refractivity contribution is 7.90. The second-order valence-electron chi connectivity index (χ2n) is 2.84. The number of carbonyl (C=O) groups excluding carboxylic acids is 1. The first-order chi connectivity index (χ1) is 7.47. The number of rotatable bonds is 3. The molecule has 1 aromatic rings. The number of hydrogen-bond acceptors (Lipinski definition) is 4. The van der Waals surface area contributed by atoms with Gasteiger partial charge in [0.2, 0.25) is 0 Å². The van der Waals surface area contributed by atoms with E-state index in [0.29, 0.717) is 0 Å². The summed E-state index contributed by atoms with van der Waals surface area (Å²) in [5.74, 6) is -1.02. The normalized spacial score (nSPS) is 10.2. The van der Waals surface area contributed by atoms with Crippen LogP contribution in [0.25, 0.3) is 0 Å². The van der Waals surface area contributed by atoms with Gasteiger partial charge in [0, 0.05) is 0 Å². The monoisotopic (exact) mass is 236 g/mol. The van der Waals surface area contributed by atoms with Crippen LogP contribution in [-0.2, 0) is 14.8 Å². The Labute approximate surface area is 93.1 Å². The van der Waals surface area contributed by atoms with Crippen molar-refractivity contribution in [1.82, 2.24) is 4.72 Å². The molecule has 1 amide bonds. The summed E-state index contributed by atoms with van der Waals surface area (Å²) in [6, 6.07) is 8.84. The molecule has 0 saturated heterocycles. The molecule has 1 N–H and O–H groups in total. The maximum atomic E-state index is 11.6. The minimum atomic E-state index is -3.93. The Morgan fingerprint density at radius 1 is 1.31 bits per heavy atom. The number of sulfonamides is 1. The van der Waals surface area contributed by atoms with Crippen molar-refractivity contribution < 1.29 is 13.2 Å². The van der Waals surface area contributed by atoms with Crippen LogP contribution >= 0.6 is 0 Å². The second-order valence-corrected chi connectivity index (χ2v) is 4.52. The number of nitriles is 1. The third-order valence-corrected chi connectivity index (χ3v) is 3.04. The molecule has 0 radical (unpaired) electrons. The van der Waals surface area contributed by atoms with Gasteiger partial charge in [-0.3, -0.25) is 4.79 Å². The highest BCUT2D eigenvalue weighted by atomic mass is 32.2. The van der Waals surface area contributed by atoms with Gasteiger partial charge in [-0.05, 0) is 12.1 Å². The molecule has 6 heteroatoms. The third kappa shape index (κ3) is 2.68. The van der Waals surface area contributed by atoms with Gasteiger partial charge in [0.1, 0.15) is 11.6 Å². The van der Waals surface area contributed by atoms with Gasteiger partial charge in [0.25, 0.3) is 15.9 Å². The summed E-state index contributed by atoms with van der Waals surface area (Å²) in [5.41, 5.74) is -0.459. The Morgan fingerprint density at radius 2 is 1.88 bits per heavy atom. The number of benzene rings is 1. The molecule has 0 aromatic heterocycles. The summed E-state index contributed by atoms with van der Waals surface area (Å²) in [6.45, 7) is 3.11. The quantitative estimate of drug-likeness (QED) is 0.614. The van der Waals surface area contributed by atoms with E-state index in [2.05, 4.69) is 6.58 Å². The molecule has 0 aliphatic rings. The largest absolute Gasteiger partial charge is 0.275 e. The summed E-state index contributed by atoms with van der Waals surface area (Å²) in [7, 11) is -3.93. The molecule has 0 aliphatic carbocycles. The zero-order chi connectivity index (χ0) is 12.2. The van der Waals surface area contributed by atoms with Gasteiger partial charge in [-0.15, -0.1) is 0 Å². The summed E-state index contributed by atoms with van der Waals surface area (Å²) in [6.07, 6.45) is 0. The fourth-order valence-corrected chi connectivity index (χ4v) is 1.89. The van der Waals surface area contributed by atoms with Gasteiger partial charge in [0.15, 0.2) is 0 Å². The van der Waals surface area contributed by atoms with Crippen molar-refractivity contribution in [3.63, 3.8) is 0 Å². The van der Waals surface area contributed by atoms with Crippen molar-refractivity contribution in [1.29, 1.82) is 5.26 Å². The van der Waals surface area contributed by atoms with Crippen LogP contribution < -0.4 is 4.72 Å². The fraction of sp³-hybridized carbons (Fsp3) is 0. The average Bonchev–Trinajstić information content (AvgIpc) is 2.28. The lowest BCUT2D eigenvalue weighted by molar-refractivity contribution is -0.115. The lowest BCUT2D eigenvalue weighted by Gasteiger charge is -2.04. The van der Waals surface area contributed by atoms with Crippen molar-refractivity contribution in [2.75, 3.05) is 0 Å². The van der Waals surface area contributed by atoms with Crippen LogP contribution in [0.1, 0.15) is 0 Å². The maximum absolute atomic E-state index is 11.6. The zero-order valence-electron chi connectivity index (χ0n) is 8.17. The summed E-state index contributed by atoms with van der Waals surface area (Å²) >= 11 is 0. The molecular formula is C10H8N2O3S. The Kier molecular flexibility index (Phi) is 3.43. The Morgan fingerprint density at radius 3 is 2.38 bits per heavy atom. The van der Waals surface area contributed by atoms with E-state index in [1.807, 2.05) is 0 Å². The molecule has 0 unspecified atom stereocenters. The SMILES string of the molecule is C=C(C#N)C(=O)NS(=O)(=O)c1ccccc1. The number of nitrogens with zero attached hydrogens (tertiary/aromatic N) is 1. The first kappa shape index (κ1) is 11.9. The minimum Gasteiger partial charge on any atom is -0.267 e. The molecule has 1 aromatic carbocycles. The number of hydrogen-bond donors (Lipinski definition) is 1. The van der Waals surface area contributed by atoms with E-state index >= 15 is 0 Å². The second kappa shape index (κ2) is 4.59. The van der Waals surface area contributed by atoms with E-state index in [1.54, 1.807) is 10.8 Å². The third-order valence-electron chi connectivity index (χ3n) is 1.69. The highest BCUT2D eigenvalue weighted by Gasteiger charge is 2.18. The molecule has 0 bridgehead atoms. The molecule has 16 heavy (non-hydrogen) atoms. The standard InChI is InChI=1S/C10H8N2O3S/c1-8(7-11)10(13)12-16(14,15)9-5-3-2-4-6-9/h2-6H,1H2,(H,12,13). The van der Waals surface area contributed by atoms with Gasteiger partial charge in [-0.25, -0.2) is 13.1 Å². The summed E-state index contributed by atoms with van der Waals surface area (Å²) < 4.78 is 24.9. The van der Waals surface area contributed by atoms with Gasteiger partial charge in [-0.2, -0.15) is 5.26 Å². The van der Waals surface area contributed by atoms with E-state index in [9.17, 15) is 13.2 Å². The summed E-state index contributed by atoms with van der Waals surface area (Å²) in [5, 5.41) is 8.37.